The van der Waals surface area contributed by atoms with Gasteiger partial charge in [-0.05, 0) is 33.7 Å². The van der Waals surface area contributed by atoms with Crippen molar-refractivity contribution in [3.8, 4) is 0 Å². The normalized spacial score (nSPS) is 21.5. The fourth-order valence-corrected chi connectivity index (χ4v) is 7.10. The zero-order valence-corrected chi connectivity index (χ0v) is 14.8. The van der Waals surface area contributed by atoms with Gasteiger partial charge in [0.05, 0.1) is 9.53 Å². The van der Waals surface area contributed by atoms with Crippen LogP contribution in [0.15, 0.2) is 0 Å². The molecule has 3 unspecified atom stereocenters. The van der Waals surface area contributed by atoms with Crippen molar-refractivity contribution in [3.05, 3.63) is 0 Å². The van der Waals surface area contributed by atoms with E-state index in [-0.39, 0.29) is 13.0 Å². The Morgan fingerprint density at radius 2 is 1.68 bits per heavy atom. The van der Waals surface area contributed by atoms with E-state index in [1.165, 1.54) is 43.4 Å². The number of hydrogen-bond acceptors (Lipinski definition) is 5. The number of nitrogens with two attached hydrogens (primary N) is 1. The van der Waals surface area contributed by atoms with Gasteiger partial charge in [-0.25, -0.2) is 0 Å². The van der Waals surface area contributed by atoms with Crippen molar-refractivity contribution in [2.45, 2.75) is 41.8 Å². The van der Waals surface area contributed by atoms with E-state index in [0.717, 1.165) is 0 Å². The van der Waals surface area contributed by atoms with Crippen molar-refractivity contribution >= 4 is 37.8 Å². The minimum Gasteiger partial charge on any atom is -0.367 e. The van der Waals surface area contributed by atoms with Crippen LogP contribution in [0.1, 0.15) is 27.2 Å². The highest BCUT2D eigenvalue weighted by Crippen LogP contribution is 2.73. The van der Waals surface area contributed by atoms with Gasteiger partial charge in [0.15, 0.2) is 0 Å². The van der Waals surface area contributed by atoms with Gasteiger partial charge in [0.25, 0.3) is 5.08 Å². The first kappa shape index (κ1) is 19.9. The van der Waals surface area contributed by atoms with Crippen molar-refractivity contribution in [2.75, 3.05) is 6.54 Å². The molecule has 0 bridgehead atoms. The third-order valence-electron chi connectivity index (χ3n) is 2.08. The molecular formula is C8H20INO7P2. The highest BCUT2D eigenvalue weighted by Gasteiger charge is 2.65. The van der Waals surface area contributed by atoms with Gasteiger partial charge >= 0.3 is 15.2 Å². The lowest BCUT2D eigenvalue weighted by Gasteiger charge is -2.38. The molecule has 0 radical (unpaired) electrons. The topological polar surface area (TPSA) is 150 Å². The highest BCUT2D eigenvalue weighted by atomic mass is 127. The van der Waals surface area contributed by atoms with E-state index in [1.807, 2.05) is 0 Å². The van der Waals surface area contributed by atoms with Gasteiger partial charge in [-0.1, -0.05) is 22.6 Å². The van der Waals surface area contributed by atoms with Crippen LogP contribution in [0.2, 0.25) is 0 Å². The van der Waals surface area contributed by atoms with E-state index in [2.05, 4.69) is 0 Å². The monoisotopic (exact) mass is 431 g/mol. The van der Waals surface area contributed by atoms with Gasteiger partial charge in [-0.15, -0.1) is 0 Å². The molecule has 0 heterocycles. The fourth-order valence-electron chi connectivity index (χ4n) is 1.30. The predicted molar refractivity (Wildman–Crippen MR) is 79.1 cm³/mol. The van der Waals surface area contributed by atoms with Crippen LogP contribution >= 0.6 is 37.8 Å². The third kappa shape index (κ3) is 4.72. The zero-order chi connectivity index (χ0) is 15.7. The molecule has 0 aliphatic rings. The van der Waals surface area contributed by atoms with Crippen LogP contribution in [-0.2, 0) is 13.7 Å². The van der Waals surface area contributed by atoms with Gasteiger partial charge in [0.2, 0.25) is 0 Å². The van der Waals surface area contributed by atoms with Crippen molar-refractivity contribution in [3.63, 3.8) is 0 Å². The Hall–Kier alpha value is 0.950. The summed E-state index contributed by atoms with van der Waals surface area (Å²) < 4.78 is 27.2. The molecule has 3 atom stereocenters. The van der Waals surface area contributed by atoms with Crippen LogP contribution in [0.4, 0.5) is 0 Å². The molecule has 6 N–H and O–H groups in total. The Balaban J connectivity index is 5.75. The molecule has 0 amide bonds. The maximum absolute atomic E-state index is 12.2. The van der Waals surface area contributed by atoms with Crippen molar-refractivity contribution < 1.29 is 33.4 Å². The average Bonchev–Trinajstić information content (AvgIpc) is 2.10. The summed E-state index contributed by atoms with van der Waals surface area (Å²) in [5.74, 6) is 0. The molecule has 8 nitrogen and oxygen atoms in total. The molecule has 0 fully saturated rings. The Morgan fingerprint density at radius 3 is 1.95 bits per heavy atom. The Morgan fingerprint density at radius 1 is 1.26 bits per heavy atom. The summed E-state index contributed by atoms with van der Waals surface area (Å²) in [6.45, 7) is 4.29. The first-order valence-electron chi connectivity index (χ1n) is 5.35. The van der Waals surface area contributed by atoms with Gasteiger partial charge in [-0.2, -0.15) is 0 Å². The molecule has 0 spiro atoms. The second-order valence-corrected chi connectivity index (χ2v) is 10.5. The number of aliphatic hydroxyl groups is 1. The van der Waals surface area contributed by atoms with E-state index in [4.69, 9.17) is 10.3 Å². The molecule has 116 valence electrons. The largest absolute Gasteiger partial charge is 0.373 e. The van der Waals surface area contributed by atoms with Gasteiger partial charge in [-0.3, -0.25) is 9.13 Å². The quantitative estimate of drug-likeness (QED) is 0.237. The Bertz CT molecular complexity index is 406. The fraction of sp³-hybridized carbons (Fsp3) is 1.00. The van der Waals surface area contributed by atoms with Gasteiger partial charge in [0.1, 0.15) is 0 Å². The second-order valence-electron chi connectivity index (χ2n) is 5.00. The van der Waals surface area contributed by atoms with Crippen LogP contribution in [0.5, 0.6) is 0 Å². The Labute approximate surface area is 125 Å². The minimum absolute atomic E-state index is 0.00850. The smallest absolute Gasteiger partial charge is 0.367 e. The van der Waals surface area contributed by atoms with Crippen LogP contribution in [-0.4, -0.2) is 40.9 Å². The van der Waals surface area contributed by atoms with Gasteiger partial charge < -0.3 is 30.0 Å². The summed E-state index contributed by atoms with van der Waals surface area (Å²) in [7, 11) is -10.3. The SMILES string of the molecule is CC(C)(C)OP(=O)(O)C(O)(C(I)CCN)P(=O)(O)O. The van der Waals surface area contributed by atoms with E-state index < -0.39 is 29.8 Å². The van der Waals surface area contributed by atoms with E-state index in [0.29, 0.717) is 0 Å². The summed E-state index contributed by atoms with van der Waals surface area (Å²) in [5, 5.41) is 6.99. The summed E-state index contributed by atoms with van der Waals surface area (Å²) in [4.78, 5) is 28.4. The van der Waals surface area contributed by atoms with Gasteiger partial charge in [0, 0.05) is 0 Å². The second kappa shape index (κ2) is 6.37. The predicted octanol–water partition coefficient (Wildman–Crippen LogP) is 0.963. The maximum atomic E-state index is 12.2. The van der Waals surface area contributed by atoms with E-state index >= 15 is 0 Å². The number of hydrogen-bond donors (Lipinski definition) is 5. The number of rotatable bonds is 6. The first-order chi connectivity index (χ1) is 8.19. The van der Waals surface area contributed by atoms with Crippen molar-refractivity contribution in [2.24, 2.45) is 5.73 Å². The standard InChI is InChI=1S/C8H20INO7P2/c1-7(2,3)17-19(15,16)8(11,18(12,13)14)6(9)4-5-10/h6,11H,4-5,10H2,1-3H3,(H,15,16)(H2,12,13,14). The number of alkyl halides is 1. The molecule has 0 aromatic rings. The molecule has 0 rings (SSSR count). The van der Waals surface area contributed by atoms with E-state index in [9.17, 15) is 28.9 Å². The maximum Gasteiger partial charge on any atom is 0.373 e. The molecule has 0 saturated heterocycles. The summed E-state index contributed by atoms with van der Waals surface area (Å²) >= 11 is 1.49. The summed E-state index contributed by atoms with van der Waals surface area (Å²) in [5.41, 5.74) is 4.10. The first-order valence-corrected chi connectivity index (χ1v) is 9.78. The molecular weight excluding hydrogens is 411 g/mol. The molecule has 0 aromatic heterocycles. The van der Waals surface area contributed by atoms with E-state index in [1.54, 1.807) is 0 Å². The molecule has 11 heteroatoms. The third-order valence-corrected chi connectivity index (χ3v) is 9.24. The van der Waals surface area contributed by atoms with Crippen molar-refractivity contribution in [1.82, 2.24) is 0 Å². The average molecular weight is 431 g/mol. The lowest BCUT2D eigenvalue weighted by atomic mass is 10.2. The Kier molecular flexibility index (Phi) is 6.69. The summed E-state index contributed by atoms with van der Waals surface area (Å²) in [6.07, 6.45) is -0.0553. The number of halogens is 1. The van der Waals surface area contributed by atoms with Crippen LogP contribution < -0.4 is 5.73 Å². The zero-order valence-electron chi connectivity index (χ0n) is 10.9. The molecule has 0 aliphatic heterocycles. The molecule has 0 aromatic carbocycles. The summed E-state index contributed by atoms with van der Waals surface area (Å²) in [6, 6.07) is 0. The molecule has 0 aliphatic carbocycles. The van der Waals surface area contributed by atoms with Crippen LogP contribution in [0, 0.1) is 0 Å². The van der Waals surface area contributed by atoms with Crippen molar-refractivity contribution in [1.29, 1.82) is 0 Å². The van der Waals surface area contributed by atoms with Crippen LogP contribution in [0.25, 0.3) is 0 Å². The lowest BCUT2D eigenvalue weighted by molar-refractivity contribution is 0.0637. The van der Waals surface area contributed by atoms with Crippen LogP contribution in [0.3, 0.4) is 0 Å². The minimum atomic E-state index is -5.33. The molecule has 19 heavy (non-hydrogen) atoms. The highest BCUT2D eigenvalue weighted by molar-refractivity contribution is 14.1. The molecule has 0 saturated carbocycles. The lowest BCUT2D eigenvalue weighted by Crippen LogP contribution is -2.41.